The summed E-state index contributed by atoms with van der Waals surface area (Å²) in [7, 11) is 0. The van der Waals surface area contributed by atoms with E-state index in [1.165, 1.54) is 11.1 Å². The second-order valence-electron chi connectivity index (χ2n) is 3.33. The molecule has 2 nitrogen and oxygen atoms in total. The average molecular weight is 179 g/mol. The first-order valence-corrected chi connectivity index (χ1v) is 4.65. The third kappa shape index (κ3) is 2.29. The molecule has 0 saturated heterocycles. The van der Waals surface area contributed by atoms with Gasteiger partial charge in [-0.1, -0.05) is 25.1 Å². The third-order valence-corrected chi connectivity index (χ3v) is 2.37. The molecule has 0 aliphatic heterocycles. The predicted octanol–water partition coefficient (Wildman–Crippen LogP) is 1.55. The van der Waals surface area contributed by atoms with Gasteiger partial charge in [0.1, 0.15) is 0 Å². The van der Waals surface area contributed by atoms with Crippen LogP contribution in [0.2, 0.25) is 0 Å². The second-order valence-corrected chi connectivity index (χ2v) is 3.33. The molecule has 1 atom stereocenters. The van der Waals surface area contributed by atoms with Crippen molar-refractivity contribution in [2.75, 3.05) is 6.61 Å². The van der Waals surface area contributed by atoms with Crippen molar-refractivity contribution in [3.8, 4) is 0 Å². The minimum atomic E-state index is -0.246. The van der Waals surface area contributed by atoms with E-state index in [9.17, 15) is 0 Å². The van der Waals surface area contributed by atoms with Crippen molar-refractivity contribution in [1.82, 2.24) is 0 Å². The molecule has 0 heterocycles. The van der Waals surface area contributed by atoms with Crippen LogP contribution in [0, 0.1) is 6.92 Å². The molecule has 0 saturated carbocycles. The Labute approximate surface area is 79.4 Å². The molecule has 0 aromatic heterocycles. The van der Waals surface area contributed by atoms with Gasteiger partial charge in [-0.15, -0.1) is 0 Å². The summed E-state index contributed by atoms with van der Waals surface area (Å²) in [5.41, 5.74) is 9.31. The highest BCUT2D eigenvalue weighted by molar-refractivity contribution is 5.32. The van der Waals surface area contributed by atoms with Gasteiger partial charge in [0.15, 0.2) is 0 Å². The number of hydrogen-bond acceptors (Lipinski definition) is 2. The Balaban J connectivity index is 2.95. The maximum Gasteiger partial charge on any atom is 0.0624 e. The summed E-state index contributed by atoms with van der Waals surface area (Å²) >= 11 is 0. The lowest BCUT2D eigenvalue weighted by Gasteiger charge is -2.11. The number of hydrogen-bond donors (Lipinski definition) is 2. The second kappa shape index (κ2) is 4.40. The lowest BCUT2D eigenvalue weighted by Crippen LogP contribution is -2.14. The summed E-state index contributed by atoms with van der Waals surface area (Å²) in [5.74, 6) is 0. The van der Waals surface area contributed by atoms with Crippen molar-refractivity contribution in [1.29, 1.82) is 0 Å². The molecule has 72 valence electrons. The first-order valence-electron chi connectivity index (χ1n) is 4.65. The van der Waals surface area contributed by atoms with E-state index < -0.39 is 0 Å². The number of aliphatic hydroxyl groups is 1. The quantitative estimate of drug-likeness (QED) is 0.739. The topological polar surface area (TPSA) is 46.2 Å². The zero-order chi connectivity index (χ0) is 9.84. The first-order chi connectivity index (χ1) is 6.19. The molecular weight excluding hydrogens is 162 g/mol. The number of aryl methyl sites for hydroxylation is 2. The van der Waals surface area contributed by atoms with Gasteiger partial charge >= 0.3 is 0 Å². The molecule has 1 unspecified atom stereocenters. The van der Waals surface area contributed by atoms with Crippen LogP contribution < -0.4 is 5.73 Å². The fraction of sp³-hybridized carbons (Fsp3) is 0.455. The lowest BCUT2D eigenvalue weighted by atomic mass is 10.00. The van der Waals surface area contributed by atoms with E-state index in [-0.39, 0.29) is 12.6 Å². The van der Waals surface area contributed by atoms with E-state index in [4.69, 9.17) is 10.8 Å². The van der Waals surface area contributed by atoms with Crippen LogP contribution in [0.5, 0.6) is 0 Å². The normalized spacial score (nSPS) is 12.9. The summed E-state index contributed by atoms with van der Waals surface area (Å²) < 4.78 is 0. The monoisotopic (exact) mass is 179 g/mol. The Hall–Kier alpha value is -0.860. The summed E-state index contributed by atoms with van der Waals surface area (Å²) in [6.45, 7) is 4.21. The maximum absolute atomic E-state index is 8.88. The summed E-state index contributed by atoms with van der Waals surface area (Å²) in [4.78, 5) is 0. The van der Waals surface area contributed by atoms with Crippen molar-refractivity contribution in [2.45, 2.75) is 26.3 Å². The molecule has 2 heteroatoms. The molecule has 3 N–H and O–H groups in total. The molecule has 0 aliphatic carbocycles. The highest BCUT2D eigenvalue weighted by Crippen LogP contribution is 2.15. The molecule has 0 fully saturated rings. The van der Waals surface area contributed by atoms with Crippen molar-refractivity contribution in [3.63, 3.8) is 0 Å². The Morgan fingerprint density at radius 3 is 2.62 bits per heavy atom. The van der Waals surface area contributed by atoms with Gasteiger partial charge in [0, 0.05) is 0 Å². The largest absolute Gasteiger partial charge is 0.394 e. The SMILES string of the molecule is CCc1ccc(C(N)CO)cc1C. The van der Waals surface area contributed by atoms with Crippen LogP contribution >= 0.6 is 0 Å². The van der Waals surface area contributed by atoms with Crippen molar-refractivity contribution < 1.29 is 5.11 Å². The number of nitrogens with two attached hydrogens (primary N) is 1. The molecule has 13 heavy (non-hydrogen) atoms. The fourth-order valence-corrected chi connectivity index (χ4v) is 1.45. The minimum absolute atomic E-state index is 0.00487. The summed E-state index contributed by atoms with van der Waals surface area (Å²) in [6, 6.07) is 5.89. The highest BCUT2D eigenvalue weighted by Gasteiger charge is 2.05. The van der Waals surface area contributed by atoms with E-state index >= 15 is 0 Å². The van der Waals surface area contributed by atoms with Gasteiger partial charge in [0.2, 0.25) is 0 Å². The molecular formula is C11H17NO. The maximum atomic E-state index is 8.88. The number of rotatable bonds is 3. The van der Waals surface area contributed by atoms with Crippen LogP contribution in [0.15, 0.2) is 18.2 Å². The van der Waals surface area contributed by atoms with Crippen LogP contribution in [-0.2, 0) is 6.42 Å². The van der Waals surface area contributed by atoms with Gasteiger partial charge < -0.3 is 10.8 Å². The highest BCUT2D eigenvalue weighted by atomic mass is 16.3. The lowest BCUT2D eigenvalue weighted by molar-refractivity contribution is 0.268. The smallest absolute Gasteiger partial charge is 0.0624 e. The van der Waals surface area contributed by atoms with E-state index in [1.54, 1.807) is 0 Å². The van der Waals surface area contributed by atoms with Crippen molar-refractivity contribution >= 4 is 0 Å². The zero-order valence-corrected chi connectivity index (χ0v) is 8.25. The van der Waals surface area contributed by atoms with Gasteiger partial charge in [0.25, 0.3) is 0 Å². The Bertz CT molecular complexity index is 283. The van der Waals surface area contributed by atoms with Crippen molar-refractivity contribution in [2.24, 2.45) is 5.73 Å². The van der Waals surface area contributed by atoms with Crippen LogP contribution in [0.4, 0.5) is 0 Å². The van der Waals surface area contributed by atoms with Crippen LogP contribution in [-0.4, -0.2) is 11.7 Å². The minimum Gasteiger partial charge on any atom is -0.394 e. The van der Waals surface area contributed by atoms with Gasteiger partial charge in [-0.25, -0.2) is 0 Å². The summed E-state index contributed by atoms with van der Waals surface area (Å²) in [5, 5.41) is 8.88. The molecule has 1 rings (SSSR count). The zero-order valence-electron chi connectivity index (χ0n) is 8.25. The van der Waals surface area contributed by atoms with E-state index in [1.807, 2.05) is 6.07 Å². The van der Waals surface area contributed by atoms with Crippen LogP contribution in [0.1, 0.15) is 29.7 Å². The number of benzene rings is 1. The molecule has 1 aromatic carbocycles. The third-order valence-electron chi connectivity index (χ3n) is 2.37. The van der Waals surface area contributed by atoms with E-state index in [0.29, 0.717) is 0 Å². The number of aliphatic hydroxyl groups excluding tert-OH is 1. The predicted molar refractivity (Wildman–Crippen MR) is 54.6 cm³/mol. The molecule has 0 aliphatic rings. The Kier molecular flexibility index (Phi) is 3.46. The standard InChI is InChI=1S/C11H17NO/c1-3-9-4-5-10(6-8(9)2)11(12)7-13/h4-6,11,13H,3,7,12H2,1-2H3. The fourth-order valence-electron chi connectivity index (χ4n) is 1.45. The van der Waals surface area contributed by atoms with Gasteiger partial charge in [0.05, 0.1) is 12.6 Å². The molecule has 0 bridgehead atoms. The first kappa shape index (κ1) is 10.2. The van der Waals surface area contributed by atoms with Crippen LogP contribution in [0.3, 0.4) is 0 Å². The van der Waals surface area contributed by atoms with Crippen molar-refractivity contribution in [3.05, 3.63) is 34.9 Å². The average Bonchev–Trinajstić information content (AvgIpc) is 2.16. The Morgan fingerprint density at radius 2 is 2.15 bits per heavy atom. The van der Waals surface area contributed by atoms with Gasteiger partial charge in [-0.2, -0.15) is 0 Å². The molecule has 0 amide bonds. The van der Waals surface area contributed by atoms with Gasteiger partial charge in [-0.05, 0) is 30.0 Å². The molecule has 0 spiro atoms. The molecule has 1 aromatic rings. The van der Waals surface area contributed by atoms with E-state index in [2.05, 4.69) is 26.0 Å². The van der Waals surface area contributed by atoms with Crippen LogP contribution in [0.25, 0.3) is 0 Å². The molecule has 0 radical (unpaired) electrons. The Morgan fingerprint density at radius 1 is 1.46 bits per heavy atom. The summed E-state index contributed by atoms with van der Waals surface area (Å²) in [6.07, 6.45) is 1.04. The van der Waals surface area contributed by atoms with Gasteiger partial charge in [-0.3, -0.25) is 0 Å². The van der Waals surface area contributed by atoms with E-state index in [0.717, 1.165) is 12.0 Å².